The number of unbranched alkanes of at least 4 members (excludes halogenated alkanes) is 46. The Balaban J connectivity index is 3.38. The van der Waals surface area contributed by atoms with E-state index in [1.54, 1.807) is 0 Å². The molecule has 1 unspecified atom stereocenters. The summed E-state index contributed by atoms with van der Waals surface area (Å²) >= 11 is 0. The second-order valence-electron chi connectivity index (χ2n) is 23.9. The van der Waals surface area contributed by atoms with E-state index in [1.165, 1.54) is 276 Å². The van der Waals surface area contributed by atoms with Crippen LogP contribution in [0.4, 0.5) is 0 Å². The lowest BCUT2D eigenvalue weighted by Gasteiger charge is -2.15. The predicted molar refractivity (Wildman–Crippen MR) is 353 cm³/mol. The molecule has 0 fully saturated rings. The van der Waals surface area contributed by atoms with Crippen molar-refractivity contribution in [2.24, 2.45) is 0 Å². The highest BCUT2D eigenvalue weighted by molar-refractivity contribution is 5.70. The molecule has 0 aliphatic carbocycles. The number of carbonyl (C=O) groups is 2. The summed E-state index contributed by atoms with van der Waals surface area (Å²) in [7, 11) is 0. The molecule has 0 aliphatic heterocycles. The van der Waals surface area contributed by atoms with Gasteiger partial charge in [-0.25, -0.2) is 0 Å². The minimum atomic E-state index is -0.773. The first kappa shape index (κ1) is 77.3. The Kier molecular flexibility index (Phi) is 68.3. The second-order valence-corrected chi connectivity index (χ2v) is 23.9. The molecule has 0 spiro atoms. The molecule has 1 N–H and O–H groups in total. The highest BCUT2D eigenvalue weighted by Crippen LogP contribution is 2.19. The molecule has 0 radical (unpaired) electrons. The van der Waals surface area contributed by atoms with Gasteiger partial charge in [0.05, 0.1) is 6.61 Å². The Hall–Kier alpha value is -2.66. The highest BCUT2D eigenvalue weighted by Gasteiger charge is 2.16. The maximum Gasteiger partial charge on any atom is 0.306 e. The summed E-state index contributed by atoms with van der Waals surface area (Å²) in [6.07, 6.45) is 98.1. The standard InChI is InChI=1S/C75H136O5/c1-3-5-7-9-11-13-15-17-19-21-23-25-27-29-30-31-32-33-34-35-36-37-38-39-40-41-42-43-44-46-48-50-52-54-56-58-60-62-64-66-68-70-75(78)80-73(71-76)72-79-74(77)69-67-65-63-61-59-57-55-53-51-49-47-45-28-26-24-22-20-18-16-14-12-10-8-6-4-2/h5,7,11,13,16-19,22-25,73,76H,3-4,6,8-10,12,14-15,20-21,26-72H2,1-2H3/b7-5-,13-11-,18-16-,19-17-,24-22-,25-23-. The molecule has 0 saturated heterocycles. The van der Waals surface area contributed by atoms with Gasteiger partial charge in [0, 0.05) is 12.8 Å². The van der Waals surface area contributed by atoms with Crippen LogP contribution in [0.2, 0.25) is 0 Å². The lowest BCUT2D eigenvalue weighted by atomic mass is 10.0. The molecule has 0 rings (SSSR count). The SMILES string of the molecule is CC/C=C\C/C=C\C/C=C\C/C=C\CCCCCCCCCCCCCCCCCCCCCCCCCCCCCCC(=O)OC(CO)COC(=O)CCCCCCCCCCCCCCC/C=C\C/C=C\CCCCCCC. The van der Waals surface area contributed by atoms with Gasteiger partial charge in [-0.15, -0.1) is 0 Å². The molecule has 5 nitrogen and oxygen atoms in total. The molecular weight excluding hydrogens is 981 g/mol. The minimum Gasteiger partial charge on any atom is -0.462 e. The molecule has 0 aliphatic rings. The van der Waals surface area contributed by atoms with Crippen molar-refractivity contribution in [1.82, 2.24) is 0 Å². The number of allylic oxidation sites excluding steroid dienone is 12. The third-order valence-corrected chi connectivity index (χ3v) is 16.0. The van der Waals surface area contributed by atoms with Gasteiger partial charge in [0.2, 0.25) is 0 Å². The van der Waals surface area contributed by atoms with E-state index in [0.717, 1.165) is 70.6 Å². The van der Waals surface area contributed by atoms with Gasteiger partial charge in [0.15, 0.2) is 6.10 Å². The predicted octanol–water partition coefficient (Wildman–Crippen LogP) is 24.7. The summed E-state index contributed by atoms with van der Waals surface area (Å²) in [4.78, 5) is 24.6. The molecule has 1 atom stereocenters. The van der Waals surface area contributed by atoms with Gasteiger partial charge >= 0.3 is 11.9 Å². The molecule has 0 aromatic carbocycles. The Morgan fingerprint density at radius 3 is 0.812 bits per heavy atom. The number of aliphatic hydroxyl groups excluding tert-OH is 1. The van der Waals surface area contributed by atoms with Crippen LogP contribution in [0.1, 0.15) is 373 Å². The Labute approximate surface area is 499 Å². The van der Waals surface area contributed by atoms with Gasteiger partial charge in [-0.05, 0) is 83.5 Å². The van der Waals surface area contributed by atoms with Crippen LogP contribution in [0, 0.1) is 0 Å². The first-order valence-electron chi connectivity index (χ1n) is 35.5. The lowest BCUT2D eigenvalue weighted by molar-refractivity contribution is -0.161. The van der Waals surface area contributed by atoms with Crippen LogP contribution >= 0.6 is 0 Å². The summed E-state index contributed by atoms with van der Waals surface area (Å²) in [5, 5.41) is 9.70. The molecule has 466 valence electrons. The fraction of sp³-hybridized carbons (Fsp3) is 0.813. The summed E-state index contributed by atoms with van der Waals surface area (Å²) in [6, 6.07) is 0. The number of rotatable bonds is 66. The zero-order chi connectivity index (χ0) is 57.6. The average molecular weight is 1120 g/mol. The van der Waals surface area contributed by atoms with Gasteiger partial charge in [-0.1, -0.05) is 350 Å². The van der Waals surface area contributed by atoms with Crippen LogP contribution < -0.4 is 0 Å². The van der Waals surface area contributed by atoms with E-state index in [1.807, 2.05) is 0 Å². The largest absolute Gasteiger partial charge is 0.462 e. The van der Waals surface area contributed by atoms with Gasteiger partial charge in [-0.2, -0.15) is 0 Å². The van der Waals surface area contributed by atoms with Crippen LogP contribution in [0.3, 0.4) is 0 Å². The second kappa shape index (κ2) is 70.6. The first-order valence-corrected chi connectivity index (χ1v) is 35.5. The van der Waals surface area contributed by atoms with E-state index in [-0.39, 0.29) is 25.2 Å². The van der Waals surface area contributed by atoms with E-state index >= 15 is 0 Å². The minimum absolute atomic E-state index is 0.0624. The quantitative estimate of drug-likeness (QED) is 0.0373. The van der Waals surface area contributed by atoms with Crippen molar-refractivity contribution in [2.75, 3.05) is 13.2 Å². The van der Waals surface area contributed by atoms with Crippen LogP contribution in [-0.4, -0.2) is 36.4 Å². The Morgan fingerprint density at radius 1 is 0.300 bits per heavy atom. The maximum absolute atomic E-state index is 12.4. The Bertz CT molecular complexity index is 1400. The van der Waals surface area contributed by atoms with Crippen LogP contribution in [0.25, 0.3) is 0 Å². The van der Waals surface area contributed by atoms with Crippen molar-refractivity contribution in [2.45, 2.75) is 380 Å². The third kappa shape index (κ3) is 67.8. The molecule has 0 heterocycles. The smallest absolute Gasteiger partial charge is 0.306 e. The van der Waals surface area contributed by atoms with Gasteiger partial charge < -0.3 is 14.6 Å². The van der Waals surface area contributed by atoms with E-state index < -0.39 is 6.10 Å². The number of hydrogen-bond donors (Lipinski definition) is 1. The average Bonchev–Trinajstić information content (AvgIpc) is 3.46. The molecular formula is C75H136O5. The van der Waals surface area contributed by atoms with Gasteiger partial charge in [-0.3, -0.25) is 9.59 Å². The number of carbonyl (C=O) groups excluding carboxylic acids is 2. The zero-order valence-electron chi connectivity index (χ0n) is 53.6. The summed E-state index contributed by atoms with van der Waals surface area (Å²) < 4.78 is 10.8. The van der Waals surface area contributed by atoms with E-state index in [4.69, 9.17) is 9.47 Å². The summed E-state index contributed by atoms with van der Waals surface area (Å²) in [5.74, 6) is -0.572. The molecule has 80 heavy (non-hydrogen) atoms. The number of ether oxygens (including phenoxy) is 2. The van der Waals surface area contributed by atoms with E-state index in [9.17, 15) is 14.7 Å². The zero-order valence-corrected chi connectivity index (χ0v) is 53.6. The molecule has 0 saturated carbocycles. The van der Waals surface area contributed by atoms with Crippen LogP contribution in [0.15, 0.2) is 72.9 Å². The van der Waals surface area contributed by atoms with Crippen LogP contribution in [-0.2, 0) is 19.1 Å². The number of hydrogen-bond acceptors (Lipinski definition) is 5. The monoisotopic (exact) mass is 1120 g/mol. The van der Waals surface area contributed by atoms with Crippen molar-refractivity contribution in [1.29, 1.82) is 0 Å². The molecule has 0 aromatic rings. The molecule has 0 aromatic heterocycles. The van der Waals surface area contributed by atoms with Crippen molar-refractivity contribution in [3.63, 3.8) is 0 Å². The van der Waals surface area contributed by atoms with Crippen molar-refractivity contribution in [3.8, 4) is 0 Å². The Morgan fingerprint density at radius 2 is 0.537 bits per heavy atom. The maximum atomic E-state index is 12.4. The molecule has 0 bridgehead atoms. The number of aliphatic hydroxyl groups is 1. The molecule has 5 heteroatoms. The third-order valence-electron chi connectivity index (χ3n) is 16.0. The normalized spacial score (nSPS) is 12.6. The van der Waals surface area contributed by atoms with Crippen molar-refractivity contribution < 1.29 is 24.2 Å². The summed E-state index contributed by atoms with van der Waals surface area (Å²) in [6.45, 7) is 4.06. The van der Waals surface area contributed by atoms with Crippen LogP contribution in [0.5, 0.6) is 0 Å². The summed E-state index contributed by atoms with van der Waals surface area (Å²) in [5.41, 5.74) is 0. The van der Waals surface area contributed by atoms with E-state index in [2.05, 4.69) is 86.8 Å². The number of esters is 2. The van der Waals surface area contributed by atoms with Gasteiger partial charge in [0.1, 0.15) is 6.61 Å². The van der Waals surface area contributed by atoms with Gasteiger partial charge in [0.25, 0.3) is 0 Å². The highest BCUT2D eigenvalue weighted by atomic mass is 16.6. The van der Waals surface area contributed by atoms with Crippen molar-refractivity contribution >= 4 is 11.9 Å². The fourth-order valence-corrected chi connectivity index (χ4v) is 10.7. The molecule has 0 amide bonds. The fourth-order valence-electron chi connectivity index (χ4n) is 10.7. The van der Waals surface area contributed by atoms with E-state index in [0.29, 0.717) is 12.8 Å². The van der Waals surface area contributed by atoms with Crippen molar-refractivity contribution in [3.05, 3.63) is 72.9 Å². The first-order chi connectivity index (χ1) is 39.6. The lowest BCUT2D eigenvalue weighted by Crippen LogP contribution is -2.28. The topological polar surface area (TPSA) is 72.8 Å².